The molecule has 8 heteroatoms. The molecule has 1 fully saturated rings. The number of amides is 1. The minimum atomic E-state index is -0.0452. The molecular weight excluding hydrogens is 482 g/mol. The average molecular weight is 510 g/mol. The fraction of sp³-hybridized carbons (Fsp3) is 0.241. The number of benzene rings is 2. The molecule has 0 unspecified atom stereocenters. The van der Waals surface area contributed by atoms with E-state index in [-0.39, 0.29) is 11.8 Å². The highest BCUT2D eigenvalue weighted by molar-refractivity contribution is 7.26. The number of carbonyl (C=O) groups excluding carboxylic acids is 1. The number of ether oxygens (including phenoxy) is 1. The molecule has 0 spiro atoms. The average Bonchev–Trinajstić information content (AvgIpc) is 3.31. The van der Waals surface area contributed by atoms with Crippen LogP contribution in [0.15, 0.2) is 67.0 Å². The number of fused-ring (bicyclic) bond motifs is 3. The molecule has 1 aliphatic rings. The molecule has 4 heterocycles. The molecule has 37 heavy (non-hydrogen) atoms. The summed E-state index contributed by atoms with van der Waals surface area (Å²) in [5.41, 5.74) is 4.98. The van der Waals surface area contributed by atoms with Crippen LogP contribution in [0.25, 0.3) is 31.6 Å². The van der Waals surface area contributed by atoms with Crippen molar-refractivity contribution >= 4 is 49.2 Å². The van der Waals surface area contributed by atoms with Crippen molar-refractivity contribution in [2.75, 3.05) is 30.4 Å². The van der Waals surface area contributed by atoms with E-state index in [0.29, 0.717) is 0 Å². The third kappa shape index (κ3) is 4.49. The molecule has 5 aromatic rings. The van der Waals surface area contributed by atoms with Gasteiger partial charge in [-0.25, -0.2) is 15.0 Å². The van der Waals surface area contributed by atoms with Gasteiger partial charge in [-0.1, -0.05) is 36.4 Å². The van der Waals surface area contributed by atoms with Gasteiger partial charge in [-0.15, -0.1) is 11.3 Å². The minimum absolute atomic E-state index is 0.0452. The van der Waals surface area contributed by atoms with Crippen LogP contribution >= 0.6 is 11.3 Å². The van der Waals surface area contributed by atoms with Gasteiger partial charge in [0.1, 0.15) is 22.7 Å². The molecule has 0 aliphatic carbocycles. The van der Waals surface area contributed by atoms with E-state index >= 15 is 0 Å². The first kappa shape index (κ1) is 23.4. The molecule has 0 atom stereocenters. The first-order chi connectivity index (χ1) is 18.1. The number of methoxy groups -OCH3 is 1. The summed E-state index contributed by atoms with van der Waals surface area (Å²) < 4.78 is 6.32. The molecule has 2 aromatic carbocycles. The van der Waals surface area contributed by atoms with Crippen LogP contribution in [0.1, 0.15) is 18.5 Å². The van der Waals surface area contributed by atoms with E-state index in [1.165, 1.54) is 0 Å². The van der Waals surface area contributed by atoms with Crippen LogP contribution in [0, 0.1) is 12.8 Å². The maximum atomic E-state index is 12.9. The van der Waals surface area contributed by atoms with Crippen LogP contribution in [0.2, 0.25) is 0 Å². The standard InChI is InChI=1S/C29H27N5O2S/c1-18-15-23(19-7-4-3-5-8-19)24-25-26(37-29(24)32-18)27(31-17-30-25)34-13-11-20(12-14-34)28(35)33-21-9-6-10-22(16-21)36-2/h3-10,15-17,20H,11-14H2,1-2H3,(H,33,35). The number of aromatic nitrogens is 3. The normalized spacial score (nSPS) is 14.3. The van der Waals surface area contributed by atoms with E-state index in [1.807, 2.05) is 37.3 Å². The summed E-state index contributed by atoms with van der Waals surface area (Å²) in [4.78, 5) is 30.4. The number of hydrogen-bond donors (Lipinski definition) is 1. The zero-order chi connectivity index (χ0) is 25.4. The van der Waals surface area contributed by atoms with Gasteiger partial charge in [-0.2, -0.15) is 0 Å². The molecule has 6 rings (SSSR count). The molecule has 1 saturated heterocycles. The van der Waals surface area contributed by atoms with Gasteiger partial charge in [-0.3, -0.25) is 4.79 Å². The zero-order valence-electron chi connectivity index (χ0n) is 20.8. The Morgan fingerprint density at radius 2 is 1.86 bits per heavy atom. The number of rotatable bonds is 5. The molecule has 0 bridgehead atoms. The smallest absolute Gasteiger partial charge is 0.227 e. The van der Waals surface area contributed by atoms with E-state index < -0.39 is 0 Å². The molecule has 3 aromatic heterocycles. The van der Waals surface area contributed by atoms with Crippen LogP contribution in [0.4, 0.5) is 11.5 Å². The topological polar surface area (TPSA) is 80.2 Å². The Hall–Kier alpha value is -4.04. The SMILES string of the molecule is COc1cccc(NC(=O)C2CCN(c3ncnc4c3sc3nc(C)cc(-c5ccccc5)c34)CC2)c1. The number of aryl methyl sites for hydroxylation is 1. The molecule has 1 N–H and O–H groups in total. The third-order valence-electron chi connectivity index (χ3n) is 6.92. The molecule has 1 aliphatic heterocycles. The van der Waals surface area contributed by atoms with E-state index in [1.54, 1.807) is 24.8 Å². The van der Waals surface area contributed by atoms with Crippen LogP contribution in [-0.4, -0.2) is 41.1 Å². The van der Waals surface area contributed by atoms with Crippen LogP contribution in [-0.2, 0) is 4.79 Å². The molecule has 0 radical (unpaired) electrons. The van der Waals surface area contributed by atoms with Gasteiger partial charge in [0.2, 0.25) is 5.91 Å². The zero-order valence-corrected chi connectivity index (χ0v) is 21.6. The minimum Gasteiger partial charge on any atom is -0.497 e. The number of pyridine rings is 1. The second-order valence-electron chi connectivity index (χ2n) is 9.32. The van der Waals surface area contributed by atoms with E-state index in [9.17, 15) is 4.79 Å². The van der Waals surface area contributed by atoms with E-state index in [0.717, 1.165) is 80.4 Å². The number of thiophene rings is 1. The Morgan fingerprint density at radius 3 is 2.65 bits per heavy atom. The summed E-state index contributed by atoms with van der Waals surface area (Å²) >= 11 is 1.65. The number of carbonyl (C=O) groups is 1. The highest BCUT2D eigenvalue weighted by atomic mass is 32.1. The molecule has 7 nitrogen and oxygen atoms in total. The lowest BCUT2D eigenvalue weighted by atomic mass is 9.95. The largest absolute Gasteiger partial charge is 0.497 e. The lowest BCUT2D eigenvalue weighted by Crippen LogP contribution is -2.38. The quantitative estimate of drug-likeness (QED) is 0.309. The summed E-state index contributed by atoms with van der Waals surface area (Å²) in [7, 11) is 1.62. The Bertz CT molecular complexity index is 1590. The third-order valence-corrected chi connectivity index (χ3v) is 7.99. The van der Waals surface area contributed by atoms with Crippen molar-refractivity contribution < 1.29 is 9.53 Å². The maximum absolute atomic E-state index is 12.9. The van der Waals surface area contributed by atoms with Crippen molar-refractivity contribution in [2.45, 2.75) is 19.8 Å². The van der Waals surface area contributed by atoms with Gasteiger partial charge in [0.05, 0.1) is 17.3 Å². The lowest BCUT2D eigenvalue weighted by Gasteiger charge is -2.32. The van der Waals surface area contributed by atoms with Gasteiger partial charge in [0.15, 0.2) is 0 Å². The van der Waals surface area contributed by atoms with Crippen molar-refractivity contribution in [3.05, 3.63) is 72.7 Å². The van der Waals surface area contributed by atoms with E-state index in [2.05, 4.69) is 40.5 Å². The van der Waals surface area contributed by atoms with Crippen molar-refractivity contribution in [3.8, 4) is 16.9 Å². The van der Waals surface area contributed by atoms with Gasteiger partial charge < -0.3 is 15.0 Å². The van der Waals surface area contributed by atoms with Gasteiger partial charge >= 0.3 is 0 Å². The molecule has 1 amide bonds. The first-order valence-electron chi connectivity index (χ1n) is 12.4. The summed E-state index contributed by atoms with van der Waals surface area (Å²) in [6, 6.07) is 20.0. The Morgan fingerprint density at radius 1 is 1.05 bits per heavy atom. The van der Waals surface area contributed by atoms with Crippen LogP contribution in [0.3, 0.4) is 0 Å². The predicted molar refractivity (Wildman–Crippen MR) is 149 cm³/mol. The first-order valence-corrected chi connectivity index (χ1v) is 13.2. The van der Waals surface area contributed by atoms with Gasteiger partial charge in [-0.05, 0) is 49.1 Å². The summed E-state index contributed by atoms with van der Waals surface area (Å²) in [5, 5.41) is 4.12. The van der Waals surface area contributed by atoms with Crippen molar-refractivity contribution in [1.82, 2.24) is 15.0 Å². The van der Waals surface area contributed by atoms with Crippen LogP contribution < -0.4 is 15.0 Å². The Labute approximate surface area is 219 Å². The fourth-order valence-electron chi connectivity index (χ4n) is 5.05. The Balaban J connectivity index is 1.26. The molecule has 186 valence electrons. The van der Waals surface area contributed by atoms with E-state index in [4.69, 9.17) is 19.7 Å². The number of nitrogens with zero attached hydrogens (tertiary/aromatic N) is 4. The number of hydrogen-bond acceptors (Lipinski definition) is 7. The highest BCUT2D eigenvalue weighted by Crippen LogP contribution is 2.42. The summed E-state index contributed by atoms with van der Waals surface area (Å²) in [6.07, 6.45) is 3.18. The number of nitrogens with one attached hydrogen (secondary N) is 1. The van der Waals surface area contributed by atoms with Gasteiger partial charge in [0.25, 0.3) is 0 Å². The number of anilines is 2. The van der Waals surface area contributed by atoms with Gasteiger partial charge in [0, 0.05) is 41.8 Å². The Kier molecular flexibility index (Phi) is 6.18. The lowest BCUT2D eigenvalue weighted by molar-refractivity contribution is -0.120. The fourth-order valence-corrected chi connectivity index (χ4v) is 6.27. The second-order valence-corrected chi connectivity index (χ2v) is 10.3. The van der Waals surface area contributed by atoms with Crippen molar-refractivity contribution in [3.63, 3.8) is 0 Å². The summed E-state index contributed by atoms with van der Waals surface area (Å²) in [5.74, 6) is 1.66. The van der Waals surface area contributed by atoms with Crippen LogP contribution in [0.5, 0.6) is 5.75 Å². The van der Waals surface area contributed by atoms with Crippen molar-refractivity contribution in [1.29, 1.82) is 0 Å². The molecular formula is C29H27N5O2S. The second kappa shape index (κ2) is 9.78. The molecule has 0 saturated carbocycles. The number of piperidine rings is 1. The van der Waals surface area contributed by atoms with Crippen molar-refractivity contribution in [2.24, 2.45) is 5.92 Å². The maximum Gasteiger partial charge on any atom is 0.227 e. The highest BCUT2D eigenvalue weighted by Gasteiger charge is 2.28. The summed E-state index contributed by atoms with van der Waals surface area (Å²) in [6.45, 7) is 3.55. The predicted octanol–water partition coefficient (Wildman–Crippen LogP) is 6.08. The monoisotopic (exact) mass is 509 g/mol.